The van der Waals surface area contributed by atoms with E-state index in [4.69, 9.17) is 9.84 Å². The highest BCUT2D eigenvalue weighted by Crippen LogP contribution is 2.44. The quantitative estimate of drug-likeness (QED) is 0.749. The van der Waals surface area contributed by atoms with Crippen molar-refractivity contribution in [3.8, 4) is 11.1 Å². The van der Waals surface area contributed by atoms with Crippen molar-refractivity contribution in [2.75, 3.05) is 26.2 Å². The first-order chi connectivity index (χ1) is 15.0. The smallest absolute Gasteiger partial charge is 0.407 e. The van der Waals surface area contributed by atoms with E-state index in [0.717, 1.165) is 6.42 Å². The van der Waals surface area contributed by atoms with Gasteiger partial charge in [0.25, 0.3) is 0 Å². The van der Waals surface area contributed by atoms with E-state index in [1.165, 1.54) is 22.3 Å². The monoisotopic (exact) mass is 420 g/mol. The molecule has 1 heterocycles. The van der Waals surface area contributed by atoms with Gasteiger partial charge in [0, 0.05) is 31.5 Å². The molecule has 0 unspecified atom stereocenters. The number of carbonyl (C=O) groups excluding carboxylic acids is 2. The summed E-state index contributed by atoms with van der Waals surface area (Å²) in [5.41, 5.74) is 4.70. The summed E-state index contributed by atoms with van der Waals surface area (Å²) in [7, 11) is 0. The Morgan fingerprint density at radius 1 is 1.00 bits per heavy atom. The first kappa shape index (κ1) is 19.6. The lowest BCUT2D eigenvalue weighted by Gasteiger charge is -2.36. The summed E-state index contributed by atoms with van der Waals surface area (Å²) >= 11 is 0. The number of nitrogens with one attached hydrogen (secondary N) is 1. The largest absolute Gasteiger partial charge is 0.481 e. The molecule has 2 amide bonds. The van der Waals surface area contributed by atoms with Crippen LogP contribution in [0.2, 0.25) is 0 Å². The number of amides is 2. The second kappa shape index (κ2) is 7.72. The van der Waals surface area contributed by atoms with Crippen LogP contribution in [-0.4, -0.2) is 54.2 Å². The Hall–Kier alpha value is -3.35. The lowest BCUT2D eigenvalue weighted by molar-refractivity contribution is -0.153. The topological polar surface area (TPSA) is 95.9 Å². The molecule has 7 nitrogen and oxygen atoms in total. The fraction of sp³-hybridized carbons (Fsp3) is 0.375. The fourth-order valence-corrected chi connectivity index (χ4v) is 4.69. The van der Waals surface area contributed by atoms with Gasteiger partial charge in [0.05, 0.1) is 5.92 Å². The highest BCUT2D eigenvalue weighted by atomic mass is 16.5. The average molecular weight is 420 g/mol. The zero-order valence-corrected chi connectivity index (χ0v) is 17.0. The molecule has 0 aromatic heterocycles. The van der Waals surface area contributed by atoms with Gasteiger partial charge in [-0.2, -0.15) is 0 Å². The van der Waals surface area contributed by atoms with E-state index in [1.807, 2.05) is 24.3 Å². The van der Waals surface area contributed by atoms with Crippen molar-refractivity contribution < 1.29 is 24.2 Å². The normalized spacial score (nSPS) is 21.6. The van der Waals surface area contributed by atoms with Crippen LogP contribution in [0.3, 0.4) is 0 Å². The maximum atomic E-state index is 12.3. The van der Waals surface area contributed by atoms with Crippen LogP contribution in [0.1, 0.15) is 23.5 Å². The van der Waals surface area contributed by atoms with E-state index in [9.17, 15) is 14.4 Å². The van der Waals surface area contributed by atoms with Gasteiger partial charge in [0.15, 0.2) is 0 Å². The average Bonchev–Trinajstić information content (AvgIpc) is 3.44. The predicted molar refractivity (Wildman–Crippen MR) is 112 cm³/mol. The van der Waals surface area contributed by atoms with Crippen LogP contribution < -0.4 is 5.32 Å². The van der Waals surface area contributed by atoms with Crippen molar-refractivity contribution in [3.05, 3.63) is 59.7 Å². The number of fused-ring (bicyclic) bond motifs is 3. The van der Waals surface area contributed by atoms with Gasteiger partial charge in [-0.05, 0) is 34.6 Å². The van der Waals surface area contributed by atoms with Crippen LogP contribution in [0.15, 0.2) is 48.5 Å². The van der Waals surface area contributed by atoms with Crippen molar-refractivity contribution in [1.29, 1.82) is 0 Å². The van der Waals surface area contributed by atoms with Gasteiger partial charge in [0.1, 0.15) is 6.61 Å². The molecule has 1 aliphatic heterocycles. The van der Waals surface area contributed by atoms with Gasteiger partial charge >= 0.3 is 12.1 Å². The molecular formula is C24H24N2O5. The Labute approximate surface area is 180 Å². The lowest BCUT2D eigenvalue weighted by Crippen LogP contribution is -2.53. The summed E-state index contributed by atoms with van der Waals surface area (Å²) in [6, 6.07) is 16.4. The Balaban J connectivity index is 1.10. The number of alkyl carbamates (subject to hydrolysis) is 1. The van der Waals surface area contributed by atoms with Gasteiger partial charge in [-0.3, -0.25) is 9.59 Å². The molecule has 2 fully saturated rings. The molecule has 2 aromatic rings. The van der Waals surface area contributed by atoms with Crippen molar-refractivity contribution in [1.82, 2.24) is 10.2 Å². The highest BCUT2D eigenvalue weighted by Gasteiger charge is 2.48. The predicted octanol–water partition coefficient (Wildman–Crippen LogP) is 2.70. The molecule has 2 aliphatic carbocycles. The van der Waals surface area contributed by atoms with Gasteiger partial charge in [-0.15, -0.1) is 0 Å². The summed E-state index contributed by atoms with van der Waals surface area (Å²) in [6.07, 6.45) is 0.242. The van der Waals surface area contributed by atoms with Crippen molar-refractivity contribution >= 4 is 18.0 Å². The Bertz CT molecular complexity index is 1000. The highest BCUT2D eigenvalue weighted by molar-refractivity contribution is 5.85. The molecule has 2 atom stereocenters. The fourth-order valence-electron chi connectivity index (χ4n) is 4.69. The van der Waals surface area contributed by atoms with E-state index < -0.39 is 18.0 Å². The second-order valence-electron chi connectivity index (χ2n) is 8.59. The molecule has 3 aliphatic rings. The van der Waals surface area contributed by atoms with Crippen LogP contribution in [0, 0.1) is 17.8 Å². The van der Waals surface area contributed by atoms with E-state index >= 15 is 0 Å². The number of ether oxygens (including phenoxy) is 1. The lowest BCUT2D eigenvalue weighted by atomic mass is 9.98. The SMILES string of the molecule is O=C(NC[C@H]1C[C@H]1C(=O)N1CC(C(=O)O)C1)OCC1c2ccccc2-c2ccccc21. The number of carboxylic acid groups (broad SMARTS) is 1. The van der Waals surface area contributed by atoms with Gasteiger partial charge < -0.3 is 20.1 Å². The molecular weight excluding hydrogens is 396 g/mol. The third kappa shape index (κ3) is 3.65. The number of carbonyl (C=O) groups is 3. The Kier molecular flexibility index (Phi) is 4.88. The number of likely N-dealkylation sites (tertiary alicyclic amines) is 1. The molecule has 1 saturated heterocycles. The minimum absolute atomic E-state index is 0.00293. The molecule has 0 radical (unpaired) electrons. The van der Waals surface area contributed by atoms with Crippen molar-refractivity contribution in [2.45, 2.75) is 12.3 Å². The van der Waals surface area contributed by atoms with E-state index in [2.05, 4.69) is 29.6 Å². The number of nitrogens with zero attached hydrogens (tertiary/aromatic N) is 1. The number of hydrogen-bond donors (Lipinski definition) is 2. The minimum Gasteiger partial charge on any atom is -0.481 e. The minimum atomic E-state index is -0.853. The maximum Gasteiger partial charge on any atom is 0.407 e. The van der Waals surface area contributed by atoms with Gasteiger partial charge in [0.2, 0.25) is 5.91 Å². The van der Waals surface area contributed by atoms with E-state index in [-0.39, 0.29) is 43.4 Å². The summed E-state index contributed by atoms with van der Waals surface area (Å²) in [4.78, 5) is 37.1. The molecule has 1 saturated carbocycles. The molecule has 7 heteroatoms. The molecule has 2 aromatic carbocycles. The van der Waals surface area contributed by atoms with Crippen molar-refractivity contribution in [3.63, 3.8) is 0 Å². The first-order valence-electron chi connectivity index (χ1n) is 10.6. The number of aliphatic carboxylic acids is 1. The van der Waals surface area contributed by atoms with Crippen LogP contribution in [0.5, 0.6) is 0 Å². The van der Waals surface area contributed by atoms with Crippen LogP contribution in [0.25, 0.3) is 11.1 Å². The maximum absolute atomic E-state index is 12.3. The standard InChI is InChI=1S/C24H24N2O5/c27-22(26-11-15(12-26)23(28)29)20-9-14(20)10-25-24(30)31-13-21-18-7-3-1-5-16(18)17-6-2-4-8-19(17)21/h1-8,14-15,20-21H,9-13H2,(H,25,30)(H,28,29)/t14-,20-/m1/s1. The van der Waals surface area contributed by atoms with Crippen LogP contribution >= 0.6 is 0 Å². The number of hydrogen-bond acceptors (Lipinski definition) is 4. The molecule has 31 heavy (non-hydrogen) atoms. The van der Waals surface area contributed by atoms with E-state index in [1.54, 1.807) is 4.90 Å². The molecule has 0 spiro atoms. The molecule has 160 valence electrons. The molecule has 0 bridgehead atoms. The Morgan fingerprint density at radius 3 is 2.23 bits per heavy atom. The molecule has 5 rings (SSSR count). The van der Waals surface area contributed by atoms with Crippen molar-refractivity contribution in [2.24, 2.45) is 17.8 Å². The summed E-state index contributed by atoms with van der Waals surface area (Å²) in [5, 5.41) is 11.7. The zero-order chi connectivity index (χ0) is 21.5. The van der Waals surface area contributed by atoms with E-state index in [0.29, 0.717) is 6.54 Å². The Morgan fingerprint density at radius 2 is 1.61 bits per heavy atom. The number of benzene rings is 2. The van der Waals surface area contributed by atoms with Crippen LogP contribution in [0.4, 0.5) is 4.79 Å². The van der Waals surface area contributed by atoms with Gasteiger partial charge in [-0.1, -0.05) is 48.5 Å². The number of rotatable bonds is 6. The van der Waals surface area contributed by atoms with Crippen LogP contribution in [-0.2, 0) is 14.3 Å². The third-order valence-corrected chi connectivity index (χ3v) is 6.63. The first-order valence-corrected chi connectivity index (χ1v) is 10.6. The third-order valence-electron chi connectivity index (χ3n) is 6.63. The zero-order valence-electron chi connectivity index (χ0n) is 17.0. The number of carboxylic acids is 1. The second-order valence-corrected chi connectivity index (χ2v) is 8.59. The summed E-state index contributed by atoms with van der Waals surface area (Å²) in [6.45, 7) is 1.23. The molecule has 2 N–H and O–H groups in total. The summed E-state index contributed by atoms with van der Waals surface area (Å²) < 4.78 is 5.52. The summed E-state index contributed by atoms with van der Waals surface area (Å²) in [5.74, 6) is -1.31. The van der Waals surface area contributed by atoms with Gasteiger partial charge in [-0.25, -0.2) is 4.79 Å².